The number of aryl methyl sites for hydroxylation is 1. The van der Waals surface area contributed by atoms with E-state index in [-0.39, 0.29) is 11.1 Å². The predicted molar refractivity (Wildman–Crippen MR) is 47.4 cm³/mol. The van der Waals surface area contributed by atoms with Crippen molar-refractivity contribution in [3.05, 3.63) is 34.9 Å². The van der Waals surface area contributed by atoms with Crippen LogP contribution in [0, 0.1) is 6.92 Å². The van der Waals surface area contributed by atoms with Gasteiger partial charge in [0.15, 0.2) is 0 Å². The SMILES string of the molecule is Cc1cc(C(F)F)ccc1C(=O)OCl. The van der Waals surface area contributed by atoms with Gasteiger partial charge >= 0.3 is 5.97 Å². The van der Waals surface area contributed by atoms with Gasteiger partial charge in [-0.15, -0.1) is 0 Å². The Labute approximate surface area is 84.6 Å². The molecule has 0 spiro atoms. The van der Waals surface area contributed by atoms with Crippen molar-refractivity contribution in [3.8, 4) is 0 Å². The number of carbonyl (C=O) groups excluding carboxylic acids is 1. The smallest absolute Gasteiger partial charge is 0.343 e. The van der Waals surface area contributed by atoms with Crippen LogP contribution in [0.4, 0.5) is 8.78 Å². The van der Waals surface area contributed by atoms with Crippen LogP contribution in [0.3, 0.4) is 0 Å². The molecule has 2 nitrogen and oxygen atoms in total. The molecule has 0 heterocycles. The largest absolute Gasteiger partial charge is 0.356 e. The first kappa shape index (κ1) is 10.9. The molecule has 0 aromatic heterocycles. The van der Waals surface area contributed by atoms with E-state index >= 15 is 0 Å². The maximum absolute atomic E-state index is 12.2. The number of alkyl halides is 2. The van der Waals surface area contributed by atoms with E-state index in [9.17, 15) is 13.6 Å². The van der Waals surface area contributed by atoms with E-state index in [4.69, 9.17) is 11.9 Å². The van der Waals surface area contributed by atoms with Crippen LogP contribution in [0.15, 0.2) is 18.2 Å². The van der Waals surface area contributed by atoms with Crippen LogP contribution in [-0.4, -0.2) is 5.97 Å². The lowest BCUT2D eigenvalue weighted by Gasteiger charge is -2.04. The fraction of sp³-hybridized carbons (Fsp3) is 0.222. The van der Waals surface area contributed by atoms with Crippen molar-refractivity contribution in [2.45, 2.75) is 13.3 Å². The molecule has 0 aliphatic carbocycles. The first-order valence-electron chi connectivity index (χ1n) is 3.78. The molecule has 0 aliphatic heterocycles. The molecule has 0 atom stereocenters. The van der Waals surface area contributed by atoms with Crippen LogP contribution in [0.5, 0.6) is 0 Å². The van der Waals surface area contributed by atoms with Crippen LogP contribution in [0.25, 0.3) is 0 Å². The quantitative estimate of drug-likeness (QED) is 0.765. The van der Waals surface area contributed by atoms with E-state index in [0.717, 1.165) is 0 Å². The van der Waals surface area contributed by atoms with Crippen LogP contribution < -0.4 is 0 Å². The molecule has 14 heavy (non-hydrogen) atoms. The highest BCUT2D eigenvalue weighted by atomic mass is 35.5. The molecule has 0 N–H and O–H groups in total. The summed E-state index contributed by atoms with van der Waals surface area (Å²) in [4.78, 5) is 11.0. The Morgan fingerprint density at radius 2 is 2.14 bits per heavy atom. The Morgan fingerprint density at radius 3 is 2.57 bits per heavy atom. The standard InChI is InChI=1S/C9H7ClF2O2/c1-5-4-6(8(11)12)2-3-7(5)9(13)14-10/h2-4,8H,1H3. The van der Waals surface area contributed by atoms with Gasteiger partial charge in [0.2, 0.25) is 0 Å². The fourth-order valence-corrected chi connectivity index (χ4v) is 1.18. The van der Waals surface area contributed by atoms with E-state index in [1.807, 2.05) is 0 Å². The third kappa shape index (κ3) is 2.20. The summed E-state index contributed by atoms with van der Waals surface area (Å²) in [6, 6.07) is 3.66. The minimum absolute atomic E-state index is 0.131. The first-order valence-corrected chi connectivity index (χ1v) is 4.08. The van der Waals surface area contributed by atoms with E-state index in [1.165, 1.54) is 25.1 Å². The molecule has 0 saturated carbocycles. The molecule has 0 fully saturated rings. The van der Waals surface area contributed by atoms with Gasteiger partial charge in [-0.3, -0.25) is 0 Å². The Kier molecular flexibility index (Phi) is 3.41. The average Bonchev–Trinajstić information content (AvgIpc) is 2.16. The van der Waals surface area contributed by atoms with Gasteiger partial charge in [0.25, 0.3) is 6.43 Å². The van der Waals surface area contributed by atoms with Gasteiger partial charge in [-0.1, -0.05) is 6.07 Å². The molecule has 0 aliphatic rings. The van der Waals surface area contributed by atoms with Crippen molar-refractivity contribution < 1.29 is 17.9 Å². The van der Waals surface area contributed by atoms with Crippen molar-refractivity contribution >= 4 is 17.8 Å². The molecule has 76 valence electrons. The van der Waals surface area contributed by atoms with Crippen LogP contribution >= 0.6 is 11.9 Å². The second kappa shape index (κ2) is 4.37. The van der Waals surface area contributed by atoms with Gasteiger partial charge in [0.05, 0.1) is 5.56 Å². The van der Waals surface area contributed by atoms with Crippen LogP contribution in [0.1, 0.15) is 27.9 Å². The summed E-state index contributed by atoms with van der Waals surface area (Å²) in [5.74, 6) is -0.745. The zero-order valence-corrected chi connectivity index (χ0v) is 8.02. The lowest BCUT2D eigenvalue weighted by Crippen LogP contribution is -2.01. The van der Waals surface area contributed by atoms with Crippen molar-refractivity contribution in [1.82, 2.24) is 0 Å². The molecule has 5 heteroatoms. The Hall–Kier alpha value is -1.16. The summed E-state index contributed by atoms with van der Waals surface area (Å²) in [5.41, 5.74) is 0.464. The summed E-state index contributed by atoms with van der Waals surface area (Å²) >= 11 is 4.86. The monoisotopic (exact) mass is 220 g/mol. The van der Waals surface area contributed by atoms with E-state index in [2.05, 4.69) is 4.29 Å². The zero-order chi connectivity index (χ0) is 10.7. The zero-order valence-electron chi connectivity index (χ0n) is 7.26. The summed E-state index contributed by atoms with van der Waals surface area (Å²) in [6.07, 6.45) is -2.55. The lowest BCUT2D eigenvalue weighted by atomic mass is 10.1. The van der Waals surface area contributed by atoms with Gasteiger partial charge in [0.1, 0.15) is 11.9 Å². The number of benzene rings is 1. The number of rotatable bonds is 2. The summed E-state index contributed by atoms with van der Waals surface area (Å²) in [6.45, 7) is 1.54. The minimum atomic E-state index is -2.55. The van der Waals surface area contributed by atoms with Gasteiger partial charge in [0, 0.05) is 5.56 Å². The van der Waals surface area contributed by atoms with Crippen molar-refractivity contribution in [2.24, 2.45) is 0 Å². The topological polar surface area (TPSA) is 26.3 Å². The predicted octanol–water partition coefficient (Wildman–Crippen LogP) is 3.24. The Bertz CT molecular complexity index is 353. The number of carbonyl (C=O) groups is 1. The van der Waals surface area contributed by atoms with E-state index < -0.39 is 12.4 Å². The normalized spacial score (nSPS) is 10.4. The van der Waals surface area contributed by atoms with Gasteiger partial charge in [-0.25, -0.2) is 13.6 Å². The highest BCUT2D eigenvalue weighted by Gasteiger charge is 2.13. The Morgan fingerprint density at radius 1 is 1.50 bits per heavy atom. The van der Waals surface area contributed by atoms with Gasteiger partial charge in [-0.2, -0.15) is 0 Å². The highest BCUT2D eigenvalue weighted by molar-refractivity contribution is 6.16. The van der Waals surface area contributed by atoms with E-state index in [0.29, 0.717) is 5.56 Å². The van der Waals surface area contributed by atoms with Gasteiger partial charge < -0.3 is 4.29 Å². The minimum Gasteiger partial charge on any atom is -0.343 e. The molecule has 0 unspecified atom stereocenters. The molecule has 0 saturated heterocycles. The molecule has 1 aromatic carbocycles. The average molecular weight is 221 g/mol. The highest BCUT2D eigenvalue weighted by Crippen LogP contribution is 2.21. The molecular weight excluding hydrogens is 214 g/mol. The maximum atomic E-state index is 12.2. The first-order chi connectivity index (χ1) is 6.56. The number of hydrogen-bond acceptors (Lipinski definition) is 2. The van der Waals surface area contributed by atoms with Crippen LogP contribution in [-0.2, 0) is 4.29 Å². The Balaban J connectivity index is 3.07. The number of halogens is 3. The van der Waals surface area contributed by atoms with Crippen molar-refractivity contribution in [2.75, 3.05) is 0 Å². The molecule has 1 aromatic rings. The van der Waals surface area contributed by atoms with Crippen molar-refractivity contribution in [3.63, 3.8) is 0 Å². The molecular formula is C9H7ClF2O2. The summed E-state index contributed by atoms with van der Waals surface area (Å²) in [7, 11) is 0. The van der Waals surface area contributed by atoms with Crippen LogP contribution in [0.2, 0.25) is 0 Å². The molecule has 0 bridgehead atoms. The van der Waals surface area contributed by atoms with Gasteiger partial charge in [-0.05, 0) is 24.6 Å². The second-order valence-electron chi connectivity index (χ2n) is 2.74. The maximum Gasteiger partial charge on any atom is 0.356 e. The lowest BCUT2D eigenvalue weighted by molar-refractivity contribution is 0.0750. The molecule has 1 rings (SSSR count). The van der Waals surface area contributed by atoms with Crippen molar-refractivity contribution in [1.29, 1.82) is 0 Å². The third-order valence-electron chi connectivity index (χ3n) is 1.79. The third-order valence-corrected chi connectivity index (χ3v) is 1.93. The fourth-order valence-electron chi connectivity index (χ4n) is 1.09. The molecule has 0 radical (unpaired) electrons. The van der Waals surface area contributed by atoms with E-state index in [1.54, 1.807) is 0 Å². The molecule has 0 amide bonds. The second-order valence-corrected chi connectivity index (χ2v) is 2.89. The summed E-state index contributed by atoms with van der Waals surface area (Å²) < 4.78 is 28.4. The summed E-state index contributed by atoms with van der Waals surface area (Å²) in [5, 5.41) is 0. The number of hydrogen-bond donors (Lipinski definition) is 0.